The van der Waals surface area contributed by atoms with Crippen molar-refractivity contribution in [2.45, 2.75) is 12.8 Å². The fourth-order valence-corrected chi connectivity index (χ4v) is 2.22. The highest BCUT2D eigenvalue weighted by atomic mass is 16.1. The van der Waals surface area contributed by atoms with Crippen LogP contribution in [0.1, 0.15) is 22.5 Å². The van der Waals surface area contributed by atoms with Gasteiger partial charge in [-0.15, -0.1) is 10.2 Å². The molecule has 6 nitrogen and oxygen atoms in total. The van der Waals surface area contributed by atoms with Gasteiger partial charge in [0.05, 0.1) is 0 Å². The molecule has 0 aliphatic rings. The Morgan fingerprint density at radius 2 is 1.83 bits per heavy atom. The van der Waals surface area contributed by atoms with E-state index < -0.39 is 0 Å². The lowest BCUT2D eigenvalue weighted by Crippen LogP contribution is -2.28. The first-order valence-corrected chi connectivity index (χ1v) is 8.19. The third-order valence-electron chi connectivity index (χ3n) is 3.53. The second-order valence-electron chi connectivity index (χ2n) is 5.88. The molecule has 0 unspecified atom stereocenters. The first-order chi connectivity index (χ1) is 11.6. The normalized spacial score (nSPS) is 10.6. The van der Waals surface area contributed by atoms with Crippen molar-refractivity contribution in [1.82, 2.24) is 20.4 Å². The molecule has 0 aliphatic heterocycles. The van der Waals surface area contributed by atoms with Crippen molar-refractivity contribution in [2.75, 3.05) is 39.0 Å². The molecule has 6 heteroatoms. The molecule has 0 aliphatic carbocycles. The summed E-state index contributed by atoms with van der Waals surface area (Å²) < 4.78 is 0. The van der Waals surface area contributed by atoms with Crippen LogP contribution in [0.4, 0.5) is 5.82 Å². The van der Waals surface area contributed by atoms with Gasteiger partial charge >= 0.3 is 0 Å². The van der Waals surface area contributed by atoms with Crippen LogP contribution in [0.5, 0.6) is 0 Å². The van der Waals surface area contributed by atoms with Gasteiger partial charge in [-0.05, 0) is 51.2 Å². The summed E-state index contributed by atoms with van der Waals surface area (Å²) >= 11 is 0. The fourth-order valence-electron chi connectivity index (χ4n) is 2.22. The van der Waals surface area contributed by atoms with Gasteiger partial charge < -0.3 is 15.5 Å². The SMILES string of the molecule is CN(C)CCCNC(=O)c1ccc(NCCc2ccccc2)nn1. The highest BCUT2D eigenvalue weighted by Gasteiger charge is 2.07. The molecule has 0 fully saturated rings. The van der Waals surface area contributed by atoms with Gasteiger partial charge in [0.25, 0.3) is 5.91 Å². The van der Waals surface area contributed by atoms with Crippen LogP contribution in [-0.2, 0) is 6.42 Å². The molecule has 0 radical (unpaired) electrons. The van der Waals surface area contributed by atoms with Crippen LogP contribution in [0.15, 0.2) is 42.5 Å². The van der Waals surface area contributed by atoms with Crippen molar-refractivity contribution in [3.63, 3.8) is 0 Å². The number of hydrogen-bond donors (Lipinski definition) is 2. The van der Waals surface area contributed by atoms with Crippen LogP contribution in [0.2, 0.25) is 0 Å². The molecule has 1 aromatic heterocycles. The standard InChI is InChI=1S/C18H25N5O/c1-23(2)14-6-12-20-18(24)16-9-10-17(22-21-16)19-13-11-15-7-4-3-5-8-15/h3-5,7-10H,6,11-14H2,1-2H3,(H,19,22)(H,20,24). The third-order valence-corrected chi connectivity index (χ3v) is 3.53. The molecule has 0 atom stereocenters. The van der Waals surface area contributed by atoms with Gasteiger partial charge in [0.15, 0.2) is 5.69 Å². The van der Waals surface area contributed by atoms with Gasteiger partial charge in [0, 0.05) is 13.1 Å². The second kappa shape index (κ2) is 9.62. The smallest absolute Gasteiger partial charge is 0.271 e. The zero-order valence-electron chi connectivity index (χ0n) is 14.3. The number of carbonyl (C=O) groups is 1. The van der Waals surface area contributed by atoms with Gasteiger partial charge in [-0.25, -0.2) is 0 Å². The van der Waals surface area contributed by atoms with Crippen LogP contribution >= 0.6 is 0 Å². The summed E-state index contributed by atoms with van der Waals surface area (Å²) in [5.74, 6) is 0.493. The lowest BCUT2D eigenvalue weighted by atomic mass is 10.1. The second-order valence-corrected chi connectivity index (χ2v) is 5.88. The van der Waals surface area contributed by atoms with E-state index in [1.165, 1.54) is 5.56 Å². The van der Waals surface area contributed by atoms with Gasteiger partial charge in [0.1, 0.15) is 5.82 Å². The van der Waals surface area contributed by atoms with E-state index in [0.717, 1.165) is 25.9 Å². The Morgan fingerprint density at radius 1 is 1.04 bits per heavy atom. The first kappa shape index (κ1) is 17.9. The van der Waals surface area contributed by atoms with E-state index in [1.54, 1.807) is 12.1 Å². The molecule has 0 bridgehead atoms. The summed E-state index contributed by atoms with van der Waals surface area (Å²) in [7, 11) is 4.02. The van der Waals surface area contributed by atoms with E-state index in [4.69, 9.17) is 0 Å². The molecule has 1 aromatic carbocycles. The molecule has 2 N–H and O–H groups in total. The van der Waals surface area contributed by atoms with Crippen LogP contribution in [-0.4, -0.2) is 54.7 Å². The molecule has 2 aromatic rings. The fraction of sp³-hybridized carbons (Fsp3) is 0.389. The Labute approximate surface area is 143 Å². The molecular weight excluding hydrogens is 302 g/mol. The molecule has 1 amide bonds. The number of amides is 1. The van der Waals surface area contributed by atoms with E-state index in [1.807, 2.05) is 32.3 Å². The first-order valence-electron chi connectivity index (χ1n) is 8.19. The van der Waals surface area contributed by atoms with Gasteiger partial charge in [-0.2, -0.15) is 0 Å². The lowest BCUT2D eigenvalue weighted by Gasteiger charge is -2.09. The Balaban J connectivity index is 1.72. The maximum atomic E-state index is 12.0. The number of anilines is 1. The Morgan fingerprint density at radius 3 is 2.50 bits per heavy atom. The Bertz CT molecular complexity index is 613. The number of benzene rings is 1. The van der Waals surface area contributed by atoms with Crippen molar-refractivity contribution >= 4 is 11.7 Å². The summed E-state index contributed by atoms with van der Waals surface area (Å²) in [6.07, 6.45) is 1.82. The van der Waals surface area contributed by atoms with Gasteiger partial charge in [-0.1, -0.05) is 30.3 Å². The van der Waals surface area contributed by atoms with Crippen molar-refractivity contribution in [1.29, 1.82) is 0 Å². The average molecular weight is 327 g/mol. The van der Waals surface area contributed by atoms with Crippen molar-refractivity contribution in [2.24, 2.45) is 0 Å². The minimum Gasteiger partial charge on any atom is -0.368 e. The van der Waals surface area contributed by atoms with E-state index in [-0.39, 0.29) is 5.91 Å². The zero-order chi connectivity index (χ0) is 17.2. The zero-order valence-corrected chi connectivity index (χ0v) is 14.3. The minimum absolute atomic E-state index is 0.183. The minimum atomic E-state index is -0.183. The quantitative estimate of drug-likeness (QED) is 0.688. The molecule has 2 rings (SSSR count). The molecule has 0 saturated heterocycles. The predicted molar refractivity (Wildman–Crippen MR) is 96.2 cm³/mol. The molecular formula is C18H25N5O. The molecule has 128 valence electrons. The van der Waals surface area contributed by atoms with E-state index in [2.05, 4.69) is 37.9 Å². The number of nitrogens with zero attached hydrogens (tertiary/aromatic N) is 3. The van der Waals surface area contributed by atoms with Crippen LogP contribution < -0.4 is 10.6 Å². The topological polar surface area (TPSA) is 70.2 Å². The van der Waals surface area contributed by atoms with E-state index in [0.29, 0.717) is 18.1 Å². The summed E-state index contributed by atoms with van der Waals surface area (Å²) in [6, 6.07) is 13.7. The Hall–Kier alpha value is -2.47. The lowest BCUT2D eigenvalue weighted by molar-refractivity contribution is 0.0946. The number of hydrogen-bond acceptors (Lipinski definition) is 5. The summed E-state index contributed by atoms with van der Waals surface area (Å²) in [5.41, 5.74) is 1.61. The maximum absolute atomic E-state index is 12.0. The van der Waals surface area contributed by atoms with Crippen LogP contribution in [0, 0.1) is 0 Å². The van der Waals surface area contributed by atoms with Crippen molar-refractivity contribution in [3.8, 4) is 0 Å². The molecule has 0 saturated carbocycles. The van der Waals surface area contributed by atoms with Crippen molar-refractivity contribution < 1.29 is 4.79 Å². The maximum Gasteiger partial charge on any atom is 0.271 e. The largest absolute Gasteiger partial charge is 0.368 e. The van der Waals surface area contributed by atoms with Crippen LogP contribution in [0.3, 0.4) is 0 Å². The third kappa shape index (κ3) is 6.34. The van der Waals surface area contributed by atoms with Gasteiger partial charge in [0.2, 0.25) is 0 Å². The number of carbonyl (C=O) groups excluding carboxylic acids is 1. The number of nitrogens with one attached hydrogen (secondary N) is 2. The molecule has 1 heterocycles. The highest BCUT2D eigenvalue weighted by Crippen LogP contribution is 2.04. The van der Waals surface area contributed by atoms with Gasteiger partial charge in [-0.3, -0.25) is 4.79 Å². The summed E-state index contributed by atoms with van der Waals surface area (Å²) in [6.45, 7) is 2.35. The number of aromatic nitrogens is 2. The Kier molecular flexibility index (Phi) is 7.17. The van der Waals surface area contributed by atoms with Crippen LogP contribution in [0.25, 0.3) is 0 Å². The molecule has 24 heavy (non-hydrogen) atoms. The average Bonchev–Trinajstić information content (AvgIpc) is 2.60. The summed E-state index contributed by atoms with van der Waals surface area (Å²) in [5, 5.41) is 14.1. The van der Waals surface area contributed by atoms with Crippen molar-refractivity contribution in [3.05, 3.63) is 53.7 Å². The monoisotopic (exact) mass is 327 g/mol. The van der Waals surface area contributed by atoms with E-state index in [9.17, 15) is 4.79 Å². The molecule has 0 spiro atoms. The predicted octanol–water partition coefficient (Wildman–Crippen LogP) is 1.81. The summed E-state index contributed by atoms with van der Waals surface area (Å²) in [4.78, 5) is 14.0. The van der Waals surface area contributed by atoms with E-state index >= 15 is 0 Å². The number of rotatable bonds is 9. The highest BCUT2D eigenvalue weighted by molar-refractivity contribution is 5.92.